The highest BCUT2D eigenvalue weighted by Gasteiger charge is 2.48. The zero-order chi connectivity index (χ0) is 59.7. The van der Waals surface area contributed by atoms with Crippen molar-refractivity contribution in [3.8, 4) is 0 Å². The fraction of sp³-hybridized carbons (Fsp3) is 0.899. The van der Waals surface area contributed by atoms with Gasteiger partial charge in [-0.15, -0.1) is 0 Å². The lowest BCUT2D eigenvalue weighted by atomic mass is 9.99. The molecule has 82 heavy (non-hydrogen) atoms. The molecule has 484 valence electrons. The Balaban J connectivity index is 2.22. The molecule has 1 fully saturated rings. The van der Waals surface area contributed by atoms with Crippen LogP contribution in [0.5, 0.6) is 0 Å². The summed E-state index contributed by atoms with van der Waals surface area (Å²) in [5.41, 5.74) is 0. The summed E-state index contributed by atoms with van der Waals surface area (Å²) in [7, 11) is -5.09. The van der Waals surface area contributed by atoms with E-state index in [2.05, 4.69) is 47.7 Å². The van der Waals surface area contributed by atoms with Crippen molar-refractivity contribution in [1.82, 2.24) is 5.32 Å². The van der Waals surface area contributed by atoms with Crippen LogP contribution in [0.1, 0.15) is 341 Å². The van der Waals surface area contributed by atoms with E-state index in [0.29, 0.717) is 6.42 Å². The third kappa shape index (κ3) is 49.4. The minimum atomic E-state index is -5.09. The van der Waals surface area contributed by atoms with Crippen LogP contribution in [-0.2, 0) is 28.9 Å². The molecule has 0 aliphatic carbocycles. The van der Waals surface area contributed by atoms with Crippen LogP contribution in [0.2, 0.25) is 0 Å². The summed E-state index contributed by atoms with van der Waals surface area (Å²) < 4.78 is 48.0. The number of carbonyl (C=O) groups excluding carboxylic acids is 1. The first-order chi connectivity index (χ1) is 40.0. The lowest BCUT2D eigenvalue weighted by molar-refractivity contribution is -0.298. The number of ether oxygens (including phenoxy) is 2. The highest BCUT2D eigenvalue weighted by molar-refractivity contribution is 7.80. The molecule has 1 heterocycles. The summed E-state index contributed by atoms with van der Waals surface area (Å²) in [6.45, 7) is 3.45. The van der Waals surface area contributed by atoms with Gasteiger partial charge < -0.3 is 35.2 Å². The molecule has 12 nitrogen and oxygen atoms in total. The van der Waals surface area contributed by atoms with Crippen LogP contribution in [0.25, 0.3) is 0 Å². The van der Waals surface area contributed by atoms with Gasteiger partial charge in [-0.05, 0) is 51.4 Å². The van der Waals surface area contributed by atoms with E-state index in [9.17, 15) is 38.2 Å². The first-order valence-electron chi connectivity index (χ1n) is 34.9. The van der Waals surface area contributed by atoms with Crippen LogP contribution in [0.3, 0.4) is 0 Å². The summed E-state index contributed by atoms with van der Waals surface area (Å²) in [6, 6.07) is -0.945. The smallest absolute Gasteiger partial charge is 0.394 e. The molecule has 6 N–H and O–H groups in total. The largest absolute Gasteiger partial charge is 0.397 e. The number of nitrogens with one attached hydrogen (secondary N) is 1. The van der Waals surface area contributed by atoms with Crippen molar-refractivity contribution < 1.29 is 51.8 Å². The Bertz CT molecular complexity index is 1580. The Kier molecular flexibility index (Phi) is 55.7. The Morgan fingerprint density at radius 1 is 0.488 bits per heavy atom. The molecule has 1 amide bonds. The summed E-state index contributed by atoms with van der Waals surface area (Å²) in [6.07, 6.45) is 67.9. The van der Waals surface area contributed by atoms with Gasteiger partial charge in [-0.3, -0.25) is 9.35 Å². The molecule has 7 unspecified atom stereocenters. The SMILES string of the molecule is CCCCCCCCCCCCC/C=C\C/C=C\CCCCCCCCCCCCCCCCCCCC(=O)NC(COC1OC(CO)C(O)C(OS(=O)(=O)O)C1O)C(O)/C=C/CCCCCCCCCCCCCCCCCCCC. The van der Waals surface area contributed by atoms with E-state index >= 15 is 0 Å². The highest BCUT2D eigenvalue weighted by atomic mass is 32.3. The molecule has 0 aromatic rings. The predicted molar refractivity (Wildman–Crippen MR) is 342 cm³/mol. The first-order valence-corrected chi connectivity index (χ1v) is 36.2. The van der Waals surface area contributed by atoms with Crippen molar-refractivity contribution in [2.24, 2.45) is 0 Å². The van der Waals surface area contributed by atoms with Crippen LogP contribution < -0.4 is 5.32 Å². The van der Waals surface area contributed by atoms with Crippen LogP contribution in [0.15, 0.2) is 36.5 Å². The summed E-state index contributed by atoms with van der Waals surface area (Å²) in [4.78, 5) is 13.2. The molecule has 13 heteroatoms. The Morgan fingerprint density at radius 2 is 0.817 bits per heavy atom. The van der Waals surface area contributed by atoms with Crippen molar-refractivity contribution in [2.45, 2.75) is 384 Å². The van der Waals surface area contributed by atoms with Crippen LogP contribution in [-0.4, -0.2) is 95.4 Å². The Labute approximate surface area is 505 Å². The fourth-order valence-electron chi connectivity index (χ4n) is 11.3. The second-order valence-electron chi connectivity index (χ2n) is 24.5. The van der Waals surface area contributed by atoms with Crippen molar-refractivity contribution in [3.05, 3.63) is 36.5 Å². The van der Waals surface area contributed by atoms with Gasteiger partial charge in [0, 0.05) is 6.42 Å². The predicted octanol–water partition coefficient (Wildman–Crippen LogP) is 18.1. The van der Waals surface area contributed by atoms with E-state index in [4.69, 9.17) is 9.47 Å². The van der Waals surface area contributed by atoms with E-state index in [1.165, 1.54) is 270 Å². The maximum atomic E-state index is 13.2. The van der Waals surface area contributed by atoms with Crippen molar-refractivity contribution >= 4 is 16.3 Å². The standard InChI is InChI=1S/C69H131NO11S/c1-3-5-7-9-11-13-15-17-19-21-23-25-26-27-28-29-30-31-32-33-34-35-36-37-38-39-41-43-45-47-49-51-53-55-57-59-65(73)70-62(61-79-69-67(75)68(81-82(76,77)78)66(74)64(60-71)80-69)63(72)58-56-54-52-50-48-46-44-42-40-24-22-20-18-16-14-12-10-8-6-4-2/h26-27,29-30,56,58,62-64,66-69,71-72,74-75H,3-25,28,31-55,57,59-61H2,1-2H3,(H,70,73)(H,76,77,78)/b27-26-,30-29-,58-56+. The number of aliphatic hydroxyl groups excluding tert-OH is 4. The molecule has 7 atom stereocenters. The molecule has 1 aliphatic heterocycles. The van der Waals surface area contributed by atoms with Crippen LogP contribution >= 0.6 is 0 Å². The van der Waals surface area contributed by atoms with Gasteiger partial charge in [0.25, 0.3) is 0 Å². The van der Waals surface area contributed by atoms with Crippen molar-refractivity contribution in [2.75, 3.05) is 13.2 Å². The minimum Gasteiger partial charge on any atom is -0.394 e. The average Bonchev–Trinajstić information content (AvgIpc) is 3.62. The lowest BCUT2D eigenvalue weighted by Gasteiger charge is -2.41. The quantitative estimate of drug-likeness (QED) is 0.0193. The average molecular weight is 1180 g/mol. The Hall–Kier alpha value is -1.68. The maximum Gasteiger partial charge on any atom is 0.397 e. The molecule has 0 radical (unpaired) electrons. The van der Waals surface area contributed by atoms with E-state index in [1.807, 2.05) is 6.08 Å². The monoisotopic (exact) mass is 1180 g/mol. The molecular formula is C69H131NO11S. The first kappa shape index (κ1) is 78.3. The number of aliphatic hydroxyl groups is 4. The molecule has 1 rings (SSSR count). The third-order valence-electron chi connectivity index (χ3n) is 16.7. The minimum absolute atomic E-state index is 0.257. The normalized spacial score (nSPS) is 18.6. The van der Waals surface area contributed by atoms with Gasteiger partial charge in [0.2, 0.25) is 5.91 Å². The van der Waals surface area contributed by atoms with Crippen LogP contribution in [0.4, 0.5) is 0 Å². The van der Waals surface area contributed by atoms with Gasteiger partial charge in [0.1, 0.15) is 24.4 Å². The zero-order valence-corrected chi connectivity index (χ0v) is 53.9. The number of hydrogen-bond acceptors (Lipinski definition) is 10. The number of amides is 1. The summed E-state index contributed by atoms with van der Waals surface area (Å²) in [5, 5.41) is 45.1. The topological polar surface area (TPSA) is 192 Å². The van der Waals surface area contributed by atoms with Gasteiger partial charge >= 0.3 is 10.4 Å². The molecular weight excluding hydrogens is 1050 g/mol. The van der Waals surface area contributed by atoms with E-state index in [0.717, 1.165) is 44.9 Å². The van der Waals surface area contributed by atoms with Crippen LogP contribution in [0, 0.1) is 0 Å². The summed E-state index contributed by atoms with van der Waals surface area (Å²) >= 11 is 0. The number of rotatable bonds is 62. The number of carbonyl (C=O) groups is 1. The number of allylic oxidation sites excluding steroid dienone is 5. The fourth-order valence-corrected chi connectivity index (χ4v) is 11.8. The highest BCUT2D eigenvalue weighted by Crippen LogP contribution is 2.26. The molecule has 1 saturated heterocycles. The molecule has 1 aliphatic rings. The van der Waals surface area contributed by atoms with Gasteiger partial charge in [-0.25, -0.2) is 4.18 Å². The van der Waals surface area contributed by atoms with Gasteiger partial charge in [-0.2, -0.15) is 8.42 Å². The van der Waals surface area contributed by atoms with Crippen molar-refractivity contribution in [1.29, 1.82) is 0 Å². The number of hydrogen-bond donors (Lipinski definition) is 6. The molecule has 0 bridgehead atoms. The van der Waals surface area contributed by atoms with Gasteiger partial charge in [0.05, 0.1) is 25.4 Å². The molecule has 0 spiro atoms. The van der Waals surface area contributed by atoms with E-state index in [-0.39, 0.29) is 18.9 Å². The third-order valence-corrected chi connectivity index (χ3v) is 17.1. The maximum absolute atomic E-state index is 13.2. The second kappa shape index (κ2) is 58.3. The zero-order valence-electron chi connectivity index (χ0n) is 53.1. The lowest BCUT2D eigenvalue weighted by Crippen LogP contribution is -2.61. The van der Waals surface area contributed by atoms with E-state index in [1.54, 1.807) is 6.08 Å². The Morgan fingerprint density at radius 3 is 1.16 bits per heavy atom. The molecule has 0 saturated carbocycles. The molecule has 0 aromatic heterocycles. The number of unbranched alkanes of at least 4 members (excludes halogenated alkanes) is 46. The van der Waals surface area contributed by atoms with Crippen molar-refractivity contribution in [3.63, 3.8) is 0 Å². The van der Waals surface area contributed by atoms with Gasteiger partial charge in [0.15, 0.2) is 6.29 Å². The second-order valence-corrected chi connectivity index (χ2v) is 25.5. The summed E-state index contributed by atoms with van der Waals surface area (Å²) in [5.74, 6) is -0.257. The molecule has 0 aromatic carbocycles. The van der Waals surface area contributed by atoms with Gasteiger partial charge in [-0.1, -0.05) is 320 Å². The van der Waals surface area contributed by atoms with E-state index < -0.39 is 59.9 Å².